The summed E-state index contributed by atoms with van der Waals surface area (Å²) in [5.41, 5.74) is 4.36. The Balaban J connectivity index is 1.56. The summed E-state index contributed by atoms with van der Waals surface area (Å²) in [5.74, 6) is 0.754. The fraction of sp³-hybridized carbons (Fsp3) is 0.111. The molecule has 0 saturated carbocycles. The molecule has 23 heavy (non-hydrogen) atoms. The van der Waals surface area contributed by atoms with Gasteiger partial charge in [0.05, 0.1) is 12.3 Å². The van der Waals surface area contributed by atoms with Crippen LogP contribution < -0.4 is 10.1 Å². The fourth-order valence-electron chi connectivity index (χ4n) is 2.71. The minimum atomic E-state index is -0.124. The highest BCUT2D eigenvalue weighted by Crippen LogP contribution is 2.26. The summed E-state index contributed by atoms with van der Waals surface area (Å²) in [6, 6.07) is 15.1. The van der Waals surface area contributed by atoms with Crippen LogP contribution in [0.25, 0.3) is 11.3 Å². The van der Waals surface area contributed by atoms with E-state index < -0.39 is 0 Å². The second kappa shape index (κ2) is 5.61. The predicted molar refractivity (Wildman–Crippen MR) is 87.6 cm³/mol. The summed E-state index contributed by atoms with van der Waals surface area (Å²) in [6.07, 6.45) is 2.55. The minimum Gasteiger partial charge on any atom is -0.493 e. The second-order valence-electron chi connectivity index (χ2n) is 5.43. The summed E-state index contributed by atoms with van der Waals surface area (Å²) in [4.78, 5) is 12.4. The van der Waals surface area contributed by atoms with Crippen molar-refractivity contribution in [2.75, 3.05) is 11.9 Å². The highest BCUT2D eigenvalue weighted by Gasteiger charge is 2.15. The van der Waals surface area contributed by atoms with Gasteiger partial charge < -0.3 is 10.1 Å². The number of benzene rings is 2. The van der Waals surface area contributed by atoms with Crippen LogP contribution in [0.15, 0.2) is 54.7 Å². The molecular formula is C18H15N3O2. The highest BCUT2D eigenvalue weighted by molar-refractivity contribution is 6.04. The van der Waals surface area contributed by atoms with E-state index in [1.165, 1.54) is 0 Å². The number of ether oxygens (including phenoxy) is 1. The molecule has 2 aromatic carbocycles. The third-order valence-electron chi connectivity index (χ3n) is 3.88. The molecule has 0 spiro atoms. The van der Waals surface area contributed by atoms with E-state index in [9.17, 15) is 4.79 Å². The third-order valence-corrected chi connectivity index (χ3v) is 3.88. The van der Waals surface area contributed by atoms with Crippen LogP contribution >= 0.6 is 0 Å². The maximum Gasteiger partial charge on any atom is 0.255 e. The van der Waals surface area contributed by atoms with Crippen molar-refractivity contribution in [2.45, 2.75) is 6.42 Å². The van der Waals surface area contributed by atoms with E-state index in [4.69, 9.17) is 4.74 Å². The topological polar surface area (TPSA) is 67.0 Å². The van der Waals surface area contributed by atoms with Crippen molar-refractivity contribution < 1.29 is 9.53 Å². The van der Waals surface area contributed by atoms with Crippen molar-refractivity contribution in [1.82, 2.24) is 10.2 Å². The molecule has 0 atom stereocenters. The Morgan fingerprint density at radius 3 is 3.00 bits per heavy atom. The molecule has 1 aliphatic heterocycles. The van der Waals surface area contributed by atoms with Gasteiger partial charge in [0.2, 0.25) is 0 Å². The fourth-order valence-corrected chi connectivity index (χ4v) is 2.71. The molecule has 1 amide bonds. The molecule has 1 aliphatic rings. The van der Waals surface area contributed by atoms with Crippen LogP contribution in [0.3, 0.4) is 0 Å². The Hall–Kier alpha value is -3.08. The first-order valence-electron chi connectivity index (χ1n) is 7.46. The lowest BCUT2D eigenvalue weighted by Crippen LogP contribution is -2.12. The summed E-state index contributed by atoms with van der Waals surface area (Å²) < 4.78 is 5.47. The van der Waals surface area contributed by atoms with Crippen molar-refractivity contribution in [3.8, 4) is 17.0 Å². The van der Waals surface area contributed by atoms with Crippen molar-refractivity contribution in [1.29, 1.82) is 0 Å². The summed E-state index contributed by atoms with van der Waals surface area (Å²) >= 11 is 0. The van der Waals surface area contributed by atoms with Gasteiger partial charge in [0, 0.05) is 29.4 Å². The van der Waals surface area contributed by atoms with Gasteiger partial charge in [0.25, 0.3) is 5.91 Å². The molecule has 3 aromatic rings. The van der Waals surface area contributed by atoms with Crippen molar-refractivity contribution >= 4 is 11.6 Å². The number of rotatable bonds is 3. The zero-order valence-corrected chi connectivity index (χ0v) is 12.4. The standard InChI is InChI=1S/C18H15N3O2/c22-18(14-4-5-17-13(10-14)7-9-23-17)20-15-3-1-2-12(11-15)16-6-8-19-21-16/h1-6,8,10-11H,7,9H2,(H,19,21)(H,20,22). The quantitative estimate of drug-likeness (QED) is 0.780. The molecule has 4 rings (SSSR count). The van der Waals surface area contributed by atoms with E-state index in [0.717, 1.165) is 34.7 Å². The number of hydrogen-bond donors (Lipinski definition) is 2. The molecule has 5 nitrogen and oxygen atoms in total. The Labute approximate surface area is 133 Å². The van der Waals surface area contributed by atoms with Crippen LogP contribution in [0.1, 0.15) is 15.9 Å². The molecule has 0 bridgehead atoms. The number of carbonyl (C=O) groups excluding carboxylic acids is 1. The first-order valence-corrected chi connectivity index (χ1v) is 7.46. The average Bonchev–Trinajstić information content (AvgIpc) is 3.26. The molecule has 1 aromatic heterocycles. The van der Waals surface area contributed by atoms with E-state index >= 15 is 0 Å². The van der Waals surface area contributed by atoms with E-state index in [1.807, 2.05) is 42.5 Å². The largest absolute Gasteiger partial charge is 0.493 e. The van der Waals surface area contributed by atoms with Gasteiger partial charge in [-0.05, 0) is 42.0 Å². The lowest BCUT2D eigenvalue weighted by atomic mass is 10.1. The van der Waals surface area contributed by atoms with Crippen LogP contribution in [0.2, 0.25) is 0 Å². The van der Waals surface area contributed by atoms with Crippen LogP contribution in [0.5, 0.6) is 5.75 Å². The molecule has 0 fully saturated rings. The Kier molecular flexibility index (Phi) is 3.31. The first kappa shape index (κ1) is 13.6. The monoisotopic (exact) mass is 305 g/mol. The van der Waals surface area contributed by atoms with E-state index in [2.05, 4.69) is 15.5 Å². The van der Waals surface area contributed by atoms with Crippen LogP contribution in [-0.4, -0.2) is 22.7 Å². The zero-order chi connectivity index (χ0) is 15.6. The van der Waals surface area contributed by atoms with E-state index in [1.54, 1.807) is 12.3 Å². The average molecular weight is 305 g/mol. The zero-order valence-electron chi connectivity index (χ0n) is 12.4. The predicted octanol–water partition coefficient (Wildman–Crippen LogP) is 3.26. The number of amides is 1. The summed E-state index contributed by atoms with van der Waals surface area (Å²) in [7, 11) is 0. The SMILES string of the molecule is O=C(Nc1cccc(-c2ccn[nH]2)c1)c1ccc2c(c1)CCO2. The number of fused-ring (bicyclic) bond motifs is 1. The first-order chi connectivity index (χ1) is 11.3. The maximum absolute atomic E-state index is 12.4. The Morgan fingerprint density at radius 2 is 2.13 bits per heavy atom. The molecule has 5 heteroatoms. The van der Waals surface area contributed by atoms with Gasteiger partial charge in [-0.3, -0.25) is 9.89 Å². The lowest BCUT2D eigenvalue weighted by molar-refractivity contribution is 0.102. The molecule has 0 unspecified atom stereocenters. The number of nitrogens with zero attached hydrogens (tertiary/aromatic N) is 1. The number of aromatic nitrogens is 2. The second-order valence-corrected chi connectivity index (χ2v) is 5.43. The van der Waals surface area contributed by atoms with Gasteiger partial charge >= 0.3 is 0 Å². The van der Waals surface area contributed by atoms with Gasteiger partial charge in [-0.15, -0.1) is 0 Å². The molecule has 114 valence electrons. The van der Waals surface area contributed by atoms with Crippen molar-refractivity contribution in [3.63, 3.8) is 0 Å². The maximum atomic E-state index is 12.4. The number of aromatic amines is 1. The summed E-state index contributed by atoms with van der Waals surface area (Å²) in [5, 5.41) is 9.80. The van der Waals surface area contributed by atoms with E-state index in [-0.39, 0.29) is 5.91 Å². The molecule has 0 aliphatic carbocycles. The van der Waals surface area contributed by atoms with Gasteiger partial charge in [0.15, 0.2) is 0 Å². The number of anilines is 1. The van der Waals surface area contributed by atoms with Crippen LogP contribution in [0, 0.1) is 0 Å². The molecule has 0 saturated heterocycles. The van der Waals surface area contributed by atoms with Gasteiger partial charge in [-0.1, -0.05) is 12.1 Å². The number of hydrogen-bond acceptors (Lipinski definition) is 3. The van der Waals surface area contributed by atoms with Crippen molar-refractivity contribution in [2.24, 2.45) is 0 Å². The number of nitrogens with one attached hydrogen (secondary N) is 2. The molecular weight excluding hydrogens is 290 g/mol. The van der Waals surface area contributed by atoms with Crippen LogP contribution in [0.4, 0.5) is 5.69 Å². The highest BCUT2D eigenvalue weighted by atomic mass is 16.5. The molecule has 2 N–H and O–H groups in total. The molecule has 0 radical (unpaired) electrons. The van der Waals surface area contributed by atoms with Gasteiger partial charge in [-0.25, -0.2) is 0 Å². The van der Waals surface area contributed by atoms with Crippen LogP contribution in [-0.2, 0) is 6.42 Å². The van der Waals surface area contributed by atoms with Crippen molar-refractivity contribution in [3.05, 3.63) is 65.9 Å². The third kappa shape index (κ3) is 2.68. The number of H-pyrrole nitrogens is 1. The normalized spacial score (nSPS) is 12.5. The molecule has 2 heterocycles. The van der Waals surface area contributed by atoms with Gasteiger partial charge in [-0.2, -0.15) is 5.10 Å². The summed E-state index contributed by atoms with van der Waals surface area (Å²) in [6.45, 7) is 0.687. The van der Waals surface area contributed by atoms with Gasteiger partial charge in [0.1, 0.15) is 5.75 Å². The minimum absolute atomic E-state index is 0.124. The lowest BCUT2D eigenvalue weighted by Gasteiger charge is -2.08. The smallest absolute Gasteiger partial charge is 0.255 e. The van der Waals surface area contributed by atoms with E-state index in [0.29, 0.717) is 12.2 Å². The Morgan fingerprint density at radius 1 is 1.17 bits per heavy atom. The Bertz CT molecular complexity index is 856. The number of carbonyl (C=O) groups is 1.